The number of methoxy groups -OCH3 is 1. The molecule has 70 valence electrons. The summed E-state index contributed by atoms with van der Waals surface area (Å²) in [5.41, 5.74) is -1.06. The third-order valence-electron chi connectivity index (χ3n) is 1.67. The SMILES string of the molecule is COC(=O)C(C)(C)C(=O)C(C)Br. The number of ether oxygens (including phenoxy) is 1. The van der Waals surface area contributed by atoms with Crippen LogP contribution in [0.15, 0.2) is 0 Å². The van der Waals surface area contributed by atoms with Crippen molar-refractivity contribution in [2.24, 2.45) is 5.41 Å². The Kier molecular flexibility index (Phi) is 3.90. The average Bonchev–Trinajstić information content (AvgIpc) is 2.01. The smallest absolute Gasteiger partial charge is 0.318 e. The molecule has 0 radical (unpaired) electrons. The minimum atomic E-state index is -1.06. The van der Waals surface area contributed by atoms with Gasteiger partial charge in [0, 0.05) is 0 Å². The highest BCUT2D eigenvalue weighted by molar-refractivity contribution is 9.10. The van der Waals surface area contributed by atoms with Gasteiger partial charge in [0.1, 0.15) is 5.41 Å². The van der Waals surface area contributed by atoms with Crippen LogP contribution < -0.4 is 0 Å². The standard InChI is InChI=1S/C8H13BrO3/c1-5(9)6(10)8(2,3)7(11)12-4/h5H,1-4H3. The summed E-state index contributed by atoms with van der Waals surface area (Å²) < 4.78 is 4.51. The van der Waals surface area contributed by atoms with Gasteiger partial charge in [0.25, 0.3) is 0 Å². The topological polar surface area (TPSA) is 43.4 Å². The summed E-state index contributed by atoms with van der Waals surface area (Å²) in [5.74, 6) is -0.673. The molecular formula is C8H13BrO3. The number of hydrogen-bond donors (Lipinski definition) is 0. The molecular weight excluding hydrogens is 224 g/mol. The lowest BCUT2D eigenvalue weighted by molar-refractivity contribution is -0.155. The van der Waals surface area contributed by atoms with E-state index >= 15 is 0 Å². The van der Waals surface area contributed by atoms with Crippen LogP contribution in [0, 0.1) is 5.41 Å². The zero-order valence-corrected chi connectivity index (χ0v) is 9.27. The zero-order chi connectivity index (χ0) is 9.94. The molecule has 12 heavy (non-hydrogen) atoms. The lowest BCUT2D eigenvalue weighted by atomic mass is 9.87. The van der Waals surface area contributed by atoms with E-state index in [2.05, 4.69) is 20.7 Å². The average molecular weight is 237 g/mol. The second kappa shape index (κ2) is 4.03. The molecule has 0 fully saturated rings. The van der Waals surface area contributed by atoms with Crippen LogP contribution in [0.25, 0.3) is 0 Å². The van der Waals surface area contributed by atoms with Crippen molar-refractivity contribution in [3.8, 4) is 0 Å². The maximum absolute atomic E-state index is 11.4. The summed E-state index contributed by atoms with van der Waals surface area (Å²) in [5, 5.41) is 0. The molecule has 0 aromatic heterocycles. The van der Waals surface area contributed by atoms with Crippen molar-refractivity contribution in [1.82, 2.24) is 0 Å². The van der Waals surface area contributed by atoms with Gasteiger partial charge in [-0.3, -0.25) is 9.59 Å². The van der Waals surface area contributed by atoms with Gasteiger partial charge in [-0.2, -0.15) is 0 Å². The highest BCUT2D eigenvalue weighted by Crippen LogP contribution is 2.22. The van der Waals surface area contributed by atoms with E-state index in [9.17, 15) is 9.59 Å². The molecule has 0 saturated carbocycles. The molecule has 0 amide bonds. The van der Waals surface area contributed by atoms with Crippen LogP contribution in [-0.4, -0.2) is 23.7 Å². The van der Waals surface area contributed by atoms with Gasteiger partial charge in [-0.15, -0.1) is 0 Å². The van der Waals surface area contributed by atoms with E-state index in [0.717, 1.165) is 0 Å². The zero-order valence-electron chi connectivity index (χ0n) is 7.68. The van der Waals surface area contributed by atoms with Crippen LogP contribution in [0.3, 0.4) is 0 Å². The fourth-order valence-electron chi connectivity index (χ4n) is 0.853. The van der Waals surface area contributed by atoms with Crippen LogP contribution in [0.5, 0.6) is 0 Å². The predicted octanol–water partition coefficient (Wildman–Crippen LogP) is 1.54. The number of Topliss-reactive ketones (excluding diaryl/α,β-unsaturated/α-hetero) is 1. The summed E-state index contributed by atoms with van der Waals surface area (Å²) in [6.45, 7) is 4.80. The summed E-state index contributed by atoms with van der Waals surface area (Å²) in [7, 11) is 1.27. The lowest BCUT2D eigenvalue weighted by Gasteiger charge is -2.20. The first-order valence-electron chi connectivity index (χ1n) is 3.60. The number of esters is 1. The van der Waals surface area contributed by atoms with E-state index < -0.39 is 11.4 Å². The number of carbonyl (C=O) groups excluding carboxylic acids is 2. The van der Waals surface area contributed by atoms with Crippen molar-refractivity contribution in [3.05, 3.63) is 0 Å². The summed E-state index contributed by atoms with van der Waals surface area (Å²) in [4.78, 5) is 22.2. The molecule has 0 aromatic rings. The molecule has 0 aromatic carbocycles. The van der Waals surface area contributed by atoms with Gasteiger partial charge in [-0.25, -0.2) is 0 Å². The Morgan fingerprint density at radius 1 is 1.42 bits per heavy atom. The first kappa shape index (κ1) is 11.6. The molecule has 0 saturated heterocycles. The molecule has 1 atom stereocenters. The van der Waals surface area contributed by atoms with E-state index in [1.807, 2.05) is 0 Å². The summed E-state index contributed by atoms with van der Waals surface area (Å²) in [6.07, 6.45) is 0. The van der Waals surface area contributed by atoms with Crippen molar-refractivity contribution in [1.29, 1.82) is 0 Å². The Morgan fingerprint density at radius 2 is 1.83 bits per heavy atom. The van der Waals surface area contributed by atoms with E-state index in [-0.39, 0.29) is 10.6 Å². The Labute approximate surface area is 80.6 Å². The lowest BCUT2D eigenvalue weighted by Crippen LogP contribution is -2.38. The number of alkyl halides is 1. The molecule has 0 N–H and O–H groups in total. The molecule has 0 heterocycles. The monoisotopic (exact) mass is 236 g/mol. The largest absolute Gasteiger partial charge is 0.468 e. The van der Waals surface area contributed by atoms with Gasteiger partial charge in [-0.05, 0) is 20.8 Å². The molecule has 4 heteroatoms. The van der Waals surface area contributed by atoms with E-state index in [1.165, 1.54) is 7.11 Å². The number of hydrogen-bond acceptors (Lipinski definition) is 3. The van der Waals surface area contributed by atoms with E-state index in [4.69, 9.17) is 0 Å². The normalized spacial score (nSPS) is 13.8. The molecule has 1 unspecified atom stereocenters. The van der Waals surface area contributed by atoms with Crippen LogP contribution >= 0.6 is 15.9 Å². The molecule has 0 aliphatic heterocycles. The maximum atomic E-state index is 11.4. The van der Waals surface area contributed by atoms with Crippen LogP contribution in [-0.2, 0) is 14.3 Å². The first-order valence-corrected chi connectivity index (χ1v) is 4.52. The molecule has 0 spiro atoms. The Bertz CT molecular complexity index is 196. The van der Waals surface area contributed by atoms with Gasteiger partial charge < -0.3 is 4.74 Å². The number of halogens is 1. The van der Waals surface area contributed by atoms with Crippen molar-refractivity contribution < 1.29 is 14.3 Å². The molecule has 0 rings (SSSR count). The molecule has 0 aliphatic rings. The van der Waals surface area contributed by atoms with Crippen molar-refractivity contribution in [2.75, 3.05) is 7.11 Å². The highest BCUT2D eigenvalue weighted by atomic mass is 79.9. The minimum Gasteiger partial charge on any atom is -0.468 e. The summed E-state index contributed by atoms with van der Waals surface area (Å²) in [6, 6.07) is 0. The van der Waals surface area contributed by atoms with Gasteiger partial charge in [-0.1, -0.05) is 15.9 Å². The highest BCUT2D eigenvalue weighted by Gasteiger charge is 2.38. The van der Waals surface area contributed by atoms with Gasteiger partial charge >= 0.3 is 5.97 Å². The van der Waals surface area contributed by atoms with Gasteiger partial charge in [0.2, 0.25) is 0 Å². The van der Waals surface area contributed by atoms with E-state index in [1.54, 1.807) is 20.8 Å². The van der Waals surface area contributed by atoms with E-state index in [0.29, 0.717) is 0 Å². The van der Waals surface area contributed by atoms with Crippen LogP contribution in [0.2, 0.25) is 0 Å². The number of ketones is 1. The Balaban J connectivity index is 4.61. The van der Waals surface area contributed by atoms with Crippen molar-refractivity contribution in [2.45, 2.75) is 25.6 Å². The first-order chi connectivity index (χ1) is 5.34. The number of rotatable bonds is 3. The molecule has 0 bridgehead atoms. The predicted molar refractivity (Wildman–Crippen MR) is 49.2 cm³/mol. The van der Waals surface area contributed by atoms with Crippen LogP contribution in [0.4, 0.5) is 0 Å². The van der Waals surface area contributed by atoms with Gasteiger partial charge in [0.05, 0.1) is 11.9 Å². The minimum absolute atomic E-state index is 0.172. The van der Waals surface area contributed by atoms with Crippen molar-refractivity contribution >= 4 is 27.7 Å². The molecule has 0 aliphatic carbocycles. The van der Waals surface area contributed by atoms with Gasteiger partial charge in [0.15, 0.2) is 5.78 Å². The summed E-state index contributed by atoms with van der Waals surface area (Å²) >= 11 is 3.12. The number of carbonyl (C=O) groups is 2. The van der Waals surface area contributed by atoms with Crippen LogP contribution in [0.1, 0.15) is 20.8 Å². The maximum Gasteiger partial charge on any atom is 0.318 e. The molecule has 3 nitrogen and oxygen atoms in total. The third-order valence-corrected chi connectivity index (χ3v) is 2.09. The fraction of sp³-hybridized carbons (Fsp3) is 0.750. The Morgan fingerprint density at radius 3 is 2.08 bits per heavy atom. The van der Waals surface area contributed by atoms with Crippen molar-refractivity contribution in [3.63, 3.8) is 0 Å². The Hall–Kier alpha value is -0.380. The third kappa shape index (κ3) is 2.30. The second-order valence-electron chi connectivity index (χ2n) is 3.10. The quantitative estimate of drug-likeness (QED) is 0.424. The fourth-order valence-corrected chi connectivity index (χ4v) is 1.43. The second-order valence-corrected chi connectivity index (χ2v) is 4.47.